The summed E-state index contributed by atoms with van der Waals surface area (Å²) in [5.74, 6) is 0.846. The normalized spacial score (nSPS) is 11.7. The first-order valence-corrected chi connectivity index (χ1v) is 6.14. The Labute approximate surface area is 113 Å². The van der Waals surface area contributed by atoms with E-state index < -0.39 is 0 Å². The van der Waals surface area contributed by atoms with Gasteiger partial charge in [0.1, 0.15) is 17.1 Å². The van der Waals surface area contributed by atoms with E-state index in [2.05, 4.69) is 10.1 Å². The van der Waals surface area contributed by atoms with E-state index in [-0.39, 0.29) is 5.97 Å². The number of aryl methyl sites for hydroxylation is 1. The van der Waals surface area contributed by atoms with Crippen molar-refractivity contribution in [2.75, 3.05) is 33.9 Å². The molecule has 0 aliphatic carbocycles. The van der Waals surface area contributed by atoms with Crippen LogP contribution in [0.2, 0.25) is 0 Å². The summed E-state index contributed by atoms with van der Waals surface area (Å²) in [4.78, 5) is 11.4. The highest BCUT2D eigenvalue weighted by molar-refractivity contribution is 5.91. The Morgan fingerprint density at radius 2 is 2.21 bits per heavy atom. The lowest BCUT2D eigenvalue weighted by Gasteiger charge is -2.03. The van der Waals surface area contributed by atoms with Crippen LogP contribution in [0, 0.1) is 6.92 Å². The fraction of sp³-hybridized carbons (Fsp3) is 0.500. The van der Waals surface area contributed by atoms with Crippen LogP contribution in [-0.4, -0.2) is 39.9 Å². The SMILES string of the molecule is COCCNCC(C)=Cc1cc(C(=O)OC)c(C)o1. The van der Waals surface area contributed by atoms with Crippen LogP contribution < -0.4 is 5.32 Å². The van der Waals surface area contributed by atoms with Gasteiger partial charge in [0.2, 0.25) is 0 Å². The van der Waals surface area contributed by atoms with E-state index in [1.165, 1.54) is 7.11 Å². The van der Waals surface area contributed by atoms with Crippen molar-refractivity contribution < 1.29 is 18.7 Å². The quantitative estimate of drug-likeness (QED) is 0.605. The number of nitrogens with one attached hydrogen (secondary N) is 1. The van der Waals surface area contributed by atoms with Crippen molar-refractivity contribution in [3.8, 4) is 0 Å². The van der Waals surface area contributed by atoms with Gasteiger partial charge in [0.05, 0.1) is 13.7 Å². The van der Waals surface area contributed by atoms with Gasteiger partial charge in [-0.15, -0.1) is 0 Å². The Morgan fingerprint density at radius 3 is 2.84 bits per heavy atom. The highest BCUT2D eigenvalue weighted by atomic mass is 16.5. The minimum absolute atomic E-state index is 0.378. The van der Waals surface area contributed by atoms with Crippen molar-refractivity contribution in [2.24, 2.45) is 0 Å². The molecule has 1 aromatic heterocycles. The molecule has 0 aliphatic heterocycles. The van der Waals surface area contributed by atoms with E-state index in [4.69, 9.17) is 9.15 Å². The number of methoxy groups -OCH3 is 2. The zero-order valence-electron chi connectivity index (χ0n) is 11.9. The van der Waals surface area contributed by atoms with E-state index >= 15 is 0 Å². The number of hydrogen-bond acceptors (Lipinski definition) is 5. The maximum absolute atomic E-state index is 11.4. The molecule has 0 saturated heterocycles. The van der Waals surface area contributed by atoms with Gasteiger partial charge in [-0.3, -0.25) is 0 Å². The van der Waals surface area contributed by atoms with Crippen molar-refractivity contribution in [1.29, 1.82) is 0 Å². The smallest absolute Gasteiger partial charge is 0.341 e. The standard InChI is InChI=1S/C14H21NO4/c1-10(9-15-5-6-17-3)7-12-8-13(11(2)19-12)14(16)18-4/h7-8,15H,5-6,9H2,1-4H3. The molecule has 0 aromatic carbocycles. The molecule has 0 bridgehead atoms. The topological polar surface area (TPSA) is 60.7 Å². The molecule has 19 heavy (non-hydrogen) atoms. The predicted octanol–water partition coefficient (Wildman–Crippen LogP) is 2.01. The Balaban J connectivity index is 2.63. The van der Waals surface area contributed by atoms with Crippen LogP contribution in [0.25, 0.3) is 6.08 Å². The summed E-state index contributed by atoms with van der Waals surface area (Å²) in [7, 11) is 3.03. The summed E-state index contributed by atoms with van der Waals surface area (Å²) < 4.78 is 15.1. The van der Waals surface area contributed by atoms with Crippen LogP contribution in [0.3, 0.4) is 0 Å². The molecule has 0 aliphatic rings. The summed E-state index contributed by atoms with van der Waals surface area (Å²) in [6.07, 6.45) is 1.90. The number of hydrogen-bond donors (Lipinski definition) is 1. The first kappa shape index (κ1) is 15.5. The summed E-state index contributed by atoms with van der Waals surface area (Å²) >= 11 is 0. The second kappa shape index (κ2) is 7.76. The molecule has 5 nitrogen and oxygen atoms in total. The first-order chi connectivity index (χ1) is 9.08. The maximum Gasteiger partial charge on any atom is 0.341 e. The molecular weight excluding hydrogens is 246 g/mol. The lowest BCUT2D eigenvalue weighted by molar-refractivity contribution is 0.0599. The van der Waals surface area contributed by atoms with Crippen molar-refractivity contribution in [1.82, 2.24) is 5.32 Å². The Kier molecular flexibility index (Phi) is 6.32. The zero-order valence-corrected chi connectivity index (χ0v) is 11.9. The summed E-state index contributed by atoms with van der Waals surface area (Å²) in [6, 6.07) is 1.69. The predicted molar refractivity (Wildman–Crippen MR) is 73.2 cm³/mol. The van der Waals surface area contributed by atoms with Gasteiger partial charge in [-0.25, -0.2) is 4.79 Å². The fourth-order valence-corrected chi connectivity index (χ4v) is 1.64. The summed E-state index contributed by atoms with van der Waals surface area (Å²) in [5, 5.41) is 3.24. The molecule has 1 aromatic rings. The van der Waals surface area contributed by atoms with Crippen LogP contribution in [-0.2, 0) is 9.47 Å². The number of ether oxygens (including phenoxy) is 2. The van der Waals surface area contributed by atoms with Crippen LogP contribution in [0.4, 0.5) is 0 Å². The molecule has 0 radical (unpaired) electrons. The summed E-state index contributed by atoms with van der Waals surface area (Å²) in [6.45, 7) is 5.97. The minimum atomic E-state index is -0.378. The molecule has 1 heterocycles. The minimum Gasteiger partial charge on any atom is -0.465 e. The third-order valence-electron chi connectivity index (χ3n) is 2.62. The van der Waals surface area contributed by atoms with E-state index in [1.54, 1.807) is 20.1 Å². The van der Waals surface area contributed by atoms with Crippen LogP contribution in [0.1, 0.15) is 28.8 Å². The molecule has 0 spiro atoms. The third kappa shape index (κ3) is 4.89. The molecule has 0 saturated carbocycles. The number of rotatable bonds is 7. The molecule has 0 amide bonds. The van der Waals surface area contributed by atoms with Gasteiger partial charge in [0.25, 0.3) is 0 Å². The molecule has 0 fully saturated rings. The molecule has 5 heteroatoms. The molecule has 0 unspecified atom stereocenters. The molecular formula is C14H21NO4. The molecule has 106 valence electrons. The van der Waals surface area contributed by atoms with E-state index in [9.17, 15) is 4.79 Å². The van der Waals surface area contributed by atoms with Crippen LogP contribution in [0.15, 0.2) is 16.1 Å². The molecule has 1 N–H and O–H groups in total. The lowest BCUT2D eigenvalue weighted by atomic mass is 10.2. The van der Waals surface area contributed by atoms with Gasteiger partial charge in [-0.1, -0.05) is 5.57 Å². The Morgan fingerprint density at radius 1 is 1.47 bits per heavy atom. The van der Waals surface area contributed by atoms with Crippen LogP contribution in [0.5, 0.6) is 0 Å². The fourth-order valence-electron chi connectivity index (χ4n) is 1.64. The van der Waals surface area contributed by atoms with E-state index in [1.807, 2.05) is 13.0 Å². The second-order valence-electron chi connectivity index (χ2n) is 4.27. The van der Waals surface area contributed by atoms with Gasteiger partial charge >= 0.3 is 5.97 Å². The Bertz CT molecular complexity index is 448. The first-order valence-electron chi connectivity index (χ1n) is 6.14. The number of carbonyl (C=O) groups excluding carboxylic acids is 1. The van der Waals surface area contributed by atoms with Gasteiger partial charge in [-0.05, 0) is 26.0 Å². The average molecular weight is 267 g/mol. The van der Waals surface area contributed by atoms with Gasteiger partial charge in [0.15, 0.2) is 0 Å². The summed E-state index contributed by atoms with van der Waals surface area (Å²) in [5.41, 5.74) is 1.58. The number of furan rings is 1. The van der Waals surface area contributed by atoms with E-state index in [0.717, 1.165) is 18.7 Å². The lowest BCUT2D eigenvalue weighted by Crippen LogP contribution is -2.20. The van der Waals surface area contributed by atoms with Gasteiger partial charge < -0.3 is 19.2 Å². The van der Waals surface area contributed by atoms with Crippen molar-refractivity contribution in [3.63, 3.8) is 0 Å². The third-order valence-corrected chi connectivity index (χ3v) is 2.62. The Hall–Kier alpha value is -1.59. The van der Waals surface area contributed by atoms with E-state index in [0.29, 0.717) is 23.7 Å². The van der Waals surface area contributed by atoms with Crippen LogP contribution >= 0.6 is 0 Å². The van der Waals surface area contributed by atoms with Gasteiger partial charge in [-0.2, -0.15) is 0 Å². The monoisotopic (exact) mass is 267 g/mol. The van der Waals surface area contributed by atoms with Gasteiger partial charge in [0, 0.05) is 20.2 Å². The average Bonchev–Trinajstić information content (AvgIpc) is 2.74. The second-order valence-corrected chi connectivity index (χ2v) is 4.27. The largest absolute Gasteiger partial charge is 0.465 e. The highest BCUT2D eigenvalue weighted by Crippen LogP contribution is 2.17. The highest BCUT2D eigenvalue weighted by Gasteiger charge is 2.14. The van der Waals surface area contributed by atoms with Crippen molar-refractivity contribution in [3.05, 3.63) is 28.7 Å². The van der Waals surface area contributed by atoms with Crippen molar-refractivity contribution >= 4 is 12.0 Å². The molecule has 1 rings (SSSR count). The maximum atomic E-state index is 11.4. The molecule has 0 atom stereocenters. The number of carbonyl (C=O) groups is 1. The zero-order chi connectivity index (χ0) is 14.3. The number of esters is 1. The van der Waals surface area contributed by atoms with Crippen molar-refractivity contribution in [2.45, 2.75) is 13.8 Å².